The Kier molecular flexibility index (Phi) is 11.1. The monoisotopic (exact) mass is 474 g/mol. The Hall–Kier alpha value is -3.17. The molecule has 5 N–H and O–H groups in total. The van der Waals surface area contributed by atoms with Crippen LogP contribution in [0.3, 0.4) is 0 Å². The number of nitrogens with one attached hydrogen (secondary N) is 2. The van der Waals surface area contributed by atoms with E-state index < -0.39 is 18.0 Å². The van der Waals surface area contributed by atoms with Gasteiger partial charge in [0.1, 0.15) is 0 Å². The summed E-state index contributed by atoms with van der Waals surface area (Å²) in [5.41, 5.74) is 2.17. The van der Waals surface area contributed by atoms with Crippen LogP contribution in [-0.2, 0) is 20.9 Å². The molecule has 176 valence electrons. The van der Waals surface area contributed by atoms with E-state index in [4.69, 9.17) is 36.1 Å². The number of halogens is 1. The molecule has 0 saturated carbocycles. The molecule has 1 atom stereocenters. The molecule has 0 fully saturated rings. The lowest BCUT2D eigenvalue weighted by molar-refractivity contribution is -0.159. The first-order valence-electron chi connectivity index (χ1n) is 10.3. The van der Waals surface area contributed by atoms with E-state index in [-0.39, 0.29) is 0 Å². The highest BCUT2D eigenvalue weighted by Gasteiger charge is 2.05. The minimum atomic E-state index is -1.82. The van der Waals surface area contributed by atoms with Gasteiger partial charge in [0.25, 0.3) is 0 Å². The lowest BCUT2D eigenvalue weighted by atomic mass is 10.1. The fourth-order valence-electron chi connectivity index (χ4n) is 2.89. The number of hydrogen-bond donors (Lipinski definition) is 5. The number of carbonyl (C=O) groups is 2. The molecule has 0 amide bonds. The summed E-state index contributed by atoms with van der Waals surface area (Å²) < 4.78 is 5.55. The largest absolute Gasteiger partial charge is 0.473 e. The zero-order valence-electron chi connectivity index (χ0n) is 17.9. The number of anilines is 1. The van der Waals surface area contributed by atoms with Gasteiger partial charge in [-0.25, -0.2) is 9.59 Å². The normalized spacial score (nSPS) is 11.3. The number of benzene rings is 3. The van der Waals surface area contributed by atoms with Gasteiger partial charge in [0.15, 0.2) is 0 Å². The van der Waals surface area contributed by atoms with Crippen molar-refractivity contribution in [3.05, 3.63) is 77.3 Å². The van der Waals surface area contributed by atoms with Gasteiger partial charge in [-0.05, 0) is 29.1 Å². The summed E-state index contributed by atoms with van der Waals surface area (Å²) >= 11 is 5.85. The number of carboxylic acid groups (broad SMARTS) is 2. The molecule has 0 radical (unpaired) electrons. The molecule has 0 aliphatic rings. The lowest BCUT2D eigenvalue weighted by Crippen LogP contribution is -2.33. The van der Waals surface area contributed by atoms with E-state index in [0.717, 1.165) is 24.3 Å². The van der Waals surface area contributed by atoms with Crippen molar-refractivity contribution in [3.8, 4) is 0 Å². The predicted molar refractivity (Wildman–Crippen MR) is 128 cm³/mol. The maximum Gasteiger partial charge on any atom is 0.414 e. The van der Waals surface area contributed by atoms with Gasteiger partial charge in [0.05, 0.1) is 19.3 Å². The van der Waals surface area contributed by atoms with Crippen LogP contribution in [-0.4, -0.2) is 59.6 Å². The summed E-state index contributed by atoms with van der Waals surface area (Å²) in [4.78, 5) is 18.2. The fourth-order valence-corrected chi connectivity index (χ4v) is 3.01. The molecular formula is C24H27ClN2O6. The number of carboxylic acids is 2. The average Bonchev–Trinajstić information content (AvgIpc) is 2.80. The van der Waals surface area contributed by atoms with Crippen molar-refractivity contribution in [2.75, 3.05) is 31.6 Å². The zero-order chi connectivity index (χ0) is 24.1. The topological polar surface area (TPSA) is 128 Å². The summed E-state index contributed by atoms with van der Waals surface area (Å²) in [5, 5.41) is 34.6. The Morgan fingerprint density at radius 1 is 0.909 bits per heavy atom. The van der Waals surface area contributed by atoms with Gasteiger partial charge in [0, 0.05) is 35.7 Å². The first-order valence-corrected chi connectivity index (χ1v) is 10.6. The Morgan fingerprint density at radius 2 is 1.58 bits per heavy atom. The number of hydrogen-bond acceptors (Lipinski definition) is 6. The highest BCUT2D eigenvalue weighted by molar-refractivity contribution is 6.30. The molecule has 0 aromatic heterocycles. The first kappa shape index (κ1) is 26.1. The van der Waals surface area contributed by atoms with E-state index in [2.05, 4.69) is 41.0 Å². The van der Waals surface area contributed by atoms with Crippen molar-refractivity contribution in [3.63, 3.8) is 0 Å². The quantitative estimate of drug-likeness (QED) is 0.224. The molecule has 3 aromatic rings. The molecule has 3 aromatic carbocycles. The zero-order valence-corrected chi connectivity index (χ0v) is 18.7. The number of aliphatic carboxylic acids is 2. The van der Waals surface area contributed by atoms with Crippen LogP contribution in [0, 0.1) is 0 Å². The van der Waals surface area contributed by atoms with E-state index in [1.165, 1.54) is 10.8 Å². The summed E-state index contributed by atoms with van der Waals surface area (Å²) in [6.07, 6.45) is -0.533. The van der Waals surface area contributed by atoms with Crippen LogP contribution in [0.25, 0.3) is 10.8 Å². The standard InChI is InChI=1S/C22H25ClN2O2.C2H2O4/c23-19-10-8-17(9-11-19)15-27-16-20(26)14-24-12-13-25-22-7-3-5-18-4-1-2-6-21(18)22;3-1(4)2(5)6/h1-11,20,24-26H,12-16H2;(H,3,4)(H,5,6). The van der Waals surface area contributed by atoms with Crippen molar-refractivity contribution in [1.29, 1.82) is 0 Å². The number of rotatable bonds is 10. The van der Waals surface area contributed by atoms with Crippen LogP contribution in [0.5, 0.6) is 0 Å². The lowest BCUT2D eigenvalue weighted by Gasteiger charge is -2.14. The molecule has 0 aliphatic heterocycles. The van der Waals surface area contributed by atoms with Gasteiger partial charge >= 0.3 is 11.9 Å². The van der Waals surface area contributed by atoms with Gasteiger partial charge in [-0.3, -0.25) is 0 Å². The molecule has 1 unspecified atom stereocenters. The molecule has 0 spiro atoms. The third-order valence-corrected chi connectivity index (χ3v) is 4.71. The summed E-state index contributed by atoms with van der Waals surface area (Å²) in [6.45, 7) is 2.81. The van der Waals surface area contributed by atoms with E-state index in [1.807, 2.05) is 36.4 Å². The van der Waals surface area contributed by atoms with Crippen molar-refractivity contribution in [1.82, 2.24) is 5.32 Å². The van der Waals surface area contributed by atoms with Crippen LogP contribution in [0.4, 0.5) is 5.69 Å². The van der Waals surface area contributed by atoms with Crippen molar-refractivity contribution in [2.24, 2.45) is 0 Å². The minimum Gasteiger partial charge on any atom is -0.473 e. The Balaban J connectivity index is 0.000000569. The van der Waals surface area contributed by atoms with E-state index >= 15 is 0 Å². The predicted octanol–water partition coefficient (Wildman–Crippen LogP) is 3.23. The summed E-state index contributed by atoms with van der Waals surface area (Å²) in [5.74, 6) is -3.65. The van der Waals surface area contributed by atoms with Crippen LogP contribution in [0.2, 0.25) is 5.02 Å². The second kappa shape index (κ2) is 14.1. The van der Waals surface area contributed by atoms with Gasteiger partial charge in [-0.15, -0.1) is 0 Å². The Labute approximate surface area is 196 Å². The van der Waals surface area contributed by atoms with E-state index in [0.29, 0.717) is 24.8 Å². The summed E-state index contributed by atoms with van der Waals surface area (Å²) in [7, 11) is 0. The van der Waals surface area contributed by atoms with Crippen LogP contribution in [0.15, 0.2) is 66.7 Å². The van der Waals surface area contributed by atoms with Gasteiger partial charge in [0.2, 0.25) is 0 Å². The Bertz CT molecular complexity index is 1010. The number of aliphatic hydroxyl groups is 1. The molecule has 9 heteroatoms. The molecule has 0 saturated heterocycles. The maximum atomic E-state index is 10.00. The molecule has 3 rings (SSSR count). The van der Waals surface area contributed by atoms with Crippen LogP contribution in [0.1, 0.15) is 5.56 Å². The fraction of sp³-hybridized carbons (Fsp3) is 0.250. The third kappa shape index (κ3) is 9.88. The Morgan fingerprint density at radius 3 is 2.27 bits per heavy atom. The molecule has 0 bridgehead atoms. The minimum absolute atomic E-state index is 0.298. The van der Waals surface area contributed by atoms with Crippen LogP contribution < -0.4 is 10.6 Å². The second-order valence-corrected chi connectivity index (χ2v) is 7.50. The molecule has 0 aliphatic carbocycles. The van der Waals surface area contributed by atoms with Gasteiger partial charge in [-0.2, -0.15) is 0 Å². The number of ether oxygens (including phenoxy) is 1. The van der Waals surface area contributed by atoms with Crippen molar-refractivity contribution >= 4 is 40.0 Å². The van der Waals surface area contributed by atoms with Gasteiger partial charge < -0.3 is 30.7 Å². The summed E-state index contributed by atoms with van der Waals surface area (Å²) in [6, 6.07) is 22.1. The highest BCUT2D eigenvalue weighted by Crippen LogP contribution is 2.22. The molecule has 33 heavy (non-hydrogen) atoms. The maximum absolute atomic E-state index is 10.00. The second-order valence-electron chi connectivity index (χ2n) is 7.06. The van der Waals surface area contributed by atoms with Crippen molar-refractivity contribution < 1.29 is 29.6 Å². The van der Waals surface area contributed by atoms with Crippen molar-refractivity contribution in [2.45, 2.75) is 12.7 Å². The van der Waals surface area contributed by atoms with Gasteiger partial charge in [-0.1, -0.05) is 60.1 Å². The highest BCUT2D eigenvalue weighted by atomic mass is 35.5. The molecule has 0 heterocycles. The smallest absolute Gasteiger partial charge is 0.414 e. The molecular weight excluding hydrogens is 448 g/mol. The number of fused-ring (bicyclic) bond motifs is 1. The molecule has 8 nitrogen and oxygen atoms in total. The average molecular weight is 475 g/mol. The van der Waals surface area contributed by atoms with Crippen LogP contribution >= 0.6 is 11.6 Å². The number of aliphatic hydroxyl groups excluding tert-OH is 1. The van der Waals surface area contributed by atoms with E-state index in [1.54, 1.807) is 0 Å². The SMILES string of the molecule is O=C(O)C(=O)O.OC(CNCCNc1cccc2ccccc12)COCc1ccc(Cl)cc1. The van der Waals surface area contributed by atoms with E-state index in [9.17, 15) is 5.11 Å². The third-order valence-electron chi connectivity index (χ3n) is 4.46. The first-order chi connectivity index (χ1) is 15.9.